The van der Waals surface area contributed by atoms with Crippen LogP contribution in [-0.2, 0) is 16.0 Å². The molecule has 3 aromatic rings. The zero-order chi connectivity index (χ0) is 23.4. The van der Waals surface area contributed by atoms with Crippen molar-refractivity contribution in [3.05, 3.63) is 77.0 Å². The Kier molecular flexibility index (Phi) is 6.77. The number of ketones is 1. The van der Waals surface area contributed by atoms with Crippen LogP contribution < -0.4 is 11.1 Å². The molecule has 32 heavy (non-hydrogen) atoms. The van der Waals surface area contributed by atoms with E-state index in [1.54, 1.807) is 49.4 Å². The van der Waals surface area contributed by atoms with Gasteiger partial charge in [-0.05, 0) is 31.0 Å². The van der Waals surface area contributed by atoms with Crippen molar-refractivity contribution in [1.82, 2.24) is 15.1 Å². The number of aryl methyl sites for hydroxylation is 2. The lowest BCUT2D eigenvalue weighted by Gasteiger charge is -2.16. The SMILES string of the molecule is Cc1ccc(C)c(-c2nn(C(F)F)cc2C(=O)NC(Cc2ccccc2)C(=O)C(N)=O)c1. The summed E-state index contributed by atoms with van der Waals surface area (Å²) in [5.74, 6) is -3.01. The molecule has 9 heteroatoms. The zero-order valence-electron chi connectivity index (χ0n) is 17.5. The van der Waals surface area contributed by atoms with E-state index in [4.69, 9.17) is 5.73 Å². The fourth-order valence-corrected chi connectivity index (χ4v) is 3.31. The Morgan fingerprint density at radius 3 is 2.41 bits per heavy atom. The third-order valence-electron chi connectivity index (χ3n) is 4.97. The number of amides is 2. The van der Waals surface area contributed by atoms with Crippen molar-refractivity contribution >= 4 is 17.6 Å². The van der Waals surface area contributed by atoms with Gasteiger partial charge in [-0.25, -0.2) is 4.68 Å². The lowest BCUT2D eigenvalue weighted by Crippen LogP contribution is -2.47. The van der Waals surface area contributed by atoms with Gasteiger partial charge in [-0.3, -0.25) is 14.4 Å². The largest absolute Gasteiger partial charge is 0.363 e. The number of alkyl halides is 2. The molecule has 1 unspecified atom stereocenters. The van der Waals surface area contributed by atoms with Crippen LogP contribution in [-0.4, -0.2) is 33.4 Å². The molecule has 2 amide bonds. The molecule has 1 atom stereocenters. The second kappa shape index (κ2) is 9.51. The smallest absolute Gasteiger partial charge is 0.333 e. The average Bonchev–Trinajstić information content (AvgIpc) is 3.21. The number of hydrogen-bond acceptors (Lipinski definition) is 4. The van der Waals surface area contributed by atoms with Gasteiger partial charge in [0, 0.05) is 18.2 Å². The molecule has 1 heterocycles. The molecule has 1 aromatic heterocycles. The summed E-state index contributed by atoms with van der Waals surface area (Å²) in [7, 11) is 0. The number of nitrogens with one attached hydrogen (secondary N) is 1. The normalized spacial score (nSPS) is 11.9. The van der Waals surface area contributed by atoms with E-state index in [1.165, 1.54) is 0 Å². The zero-order valence-corrected chi connectivity index (χ0v) is 17.5. The van der Waals surface area contributed by atoms with Crippen molar-refractivity contribution < 1.29 is 23.2 Å². The Morgan fingerprint density at radius 1 is 1.09 bits per heavy atom. The highest BCUT2D eigenvalue weighted by atomic mass is 19.3. The molecular formula is C23H22F2N4O3. The van der Waals surface area contributed by atoms with Crippen LogP contribution in [0.15, 0.2) is 54.7 Å². The standard InChI is InChI=1S/C23H22F2N4O3/c1-13-8-9-14(2)16(10-13)19-17(12-29(28-19)23(24)25)22(32)27-18(20(30)21(26)31)11-15-6-4-3-5-7-15/h3-10,12,18,23H,11H2,1-2H3,(H2,26,31)(H,27,32). The van der Waals surface area contributed by atoms with Crippen LogP contribution in [0.5, 0.6) is 0 Å². The van der Waals surface area contributed by atoms with Crippen LogP contribution in [0.2, 0.25) is 0 Å². The second-order valence-corrected chi connectivity index (χ2v) is 7.41. The minimum Gasteiger partial charge on any atom is -0.363 e. The van der Waals surface area contributed by atoms with Crippen molar-refractivity contribution in [2.45, 2.75) is 32.9 Å². The van der Waals surface area contributed by atoms with Crippen LogP contribution in [0.25, 0.3) is 11.3 Å². The Labute approximate surface area is 183 Å². The fraction of sp³-hybridized carbons (Fsp3) is 0.217. The summed E-state index contributed by atoms with van der Waals surface area (Å²) in [6.45, 7) is 0.633. The molecule has 0 aliphatic rings. The summed E-state index contributed by atoms with van der Waals surface area (Å²) in [5.41, 5.74) is 7.84. The number of carbonyl (C=O) groups excluding carboxylic acids is 3. The van der Waals surface area contributed by atoms with Crippen molar-refractivity contribution in [2.75, 3.05) is 0 Å². The van der Waals surface area contributed by atoms with Gasteiger partial charge in [-0.15, -0.1) is 0 Å². The van der Waals surface area contributed by atoms with Crippen molar-refractivity contribution in [1.29, 1.82) is 0 Å². The van der Waals surface area contributed by atoms with Gasteiger partial charge in [-0.1, -0.05) is 48.0 Å². The molecule has 3 rings (SSSR count). The van der Waals surface area contributed by atoms with Gasteiger partial charge >= 0.3 is 6.55 Å². The number of rotatable bonds is 8. The Hall–Kier alpha value is -3.88. The van der Waals surface area contributed by atoms with Crippen LogP contribution >= 0.6 is 0 Å². The number of carbonyl (C=O) groups is 3. The number of nitrogens with zero attached hydrogens (tertiary/aromatic N) is 2. The van der Waals surface area contributed by atoms with E-state index >= 15 is 0 Å². The molecule has 0 bridgehead atoms. The molecule has 0 aliphatic heterocycles. The van der Waals surface area contributed by atoms with E-state index < -0.39 is 30.2 Å². The van der Waals surface area contributed by atoms with Crippen molar-refractivity contribution in [2.24, 2.45) is 5.73 Å². The third-order valence-corrected chi connectivity index (χ3v) is 4.97. The van der Waals surface area contributed by atoms with Gasteiger partial charge in [0.25, 0.3) is 11.8 Å². The molecule has 0 saturated heterocycles. The topological polar surface area (TPSA) is 107 Å². The average molecular weight is 440 g/mol. The molecule has 7 nitrogen and oxygen atoms in total. The first-order chi connectivity index (χ1) is 15.2. The summed E-state index contributed by atoms with van der Waals surface area (Å²) >= 11 is 0. The van der Waals surface area contributed by atoms with Crippen molar-refractivity contribution in [3.63, 3.8) is 0 Å². The quantitative estimate of drug-likeness (QED) is 0.525. The highest BCUT2D eigenvalue weighted by Gasteiger charge is 2.29. The third kappa shape index (κ3) is 5.05. The number of nitrogens with two attached hydrogens (primary N) is 1. The first-order valence-corrected chi connectivity index (χ1v) is 9.80. The molecular weight excluding hydrogens is 418 g/mol. The van der Waals surface area contributed by atoms with E-state index in [2.05, 4.69) is 10.4 Å². The van der Waals surface area contributed by atoms with Gasteiger partial charge in [-0.2, -0.15) is 13.9 Å². The number of Topliss-reactive ketones (excluding diaryl/α,β-unsaturated/α-hetero) is 1. The lowest BCUT2D eigenvalue weighted by atomic mass is 9.99. The molecule has 2 aromatic carbocycles. The number of benzene rings is 2. The Morgan fingerprint density at radius 2 is 1.78 bits per heavy atom. The van der Waals surface area contributed by atoms with E-state index in [1.807, 2.05) is 13.0 Å². The number of halogens is 2. The summed E-state index contributed by atoms with van der Waals surface area (Å²) in [6, 6.07) is 12.8. The Bertz CT molecular complexity index is 1160. The highest BCUT2D eigenvalue weighted by molar-refractivity contribution is 6.38. The lowest BCUT2D eigenvalue weighted by molar-refractivity contribution is -0.137. The minimum absolute atomic E-state index is 0.0101. The molecule has 0 radical (unpaired) electrons. The molecule has 166 valence electrons. The van der Waals surface area contributed by atoms with Crippen LogP contribution in [0.4, 0.5) is 8.78 Å². The predicted octanol–water partition coefficient (Wildman–Crippen LogP) is 2.96. The second-order valence-electron chi connectivity index (χ2n) is 7.41. The summed E-state index contributed by atoms with van der Waals surface area (Å²) in [4.78, 5) is 37.0. The van der Waals surface area contributed by atoms with Gasteiger partial charge in [0.2, 0.25) is 5.78 Å². The molecule has 3 N–H and O–H groups in total. The summed E-state index contributed by atoms with van der Waals surface area (Å²) in [5, 5.41) is 6.38. The van der Waals surface area contributed by atoms with Crippen LogP contribution in [0, 0.1) is 13.8 Å². The summed E-state index contributed by atoms with van der Waals surface area (Å²) in [6.07, 6.45) is 0.932. The maximum atomic E-state index is 13.4. The fourth-order valence-electron chi connectivity index (χ4n) is 3.31. The maximum absolute atomic E-state index is 13.4. The summed E-state index contributed by atoms with van der Waals surface area (Å²) < 4.78 is 27.1. The number of primary amides is 1. The predicted molar refractivity (Wildman–Crippen MR) is 114 cm³/mol. The minimum atomic E-state index is -2.97. The van der Waals surface area contributed by atoms with E-state index in [0.717, 1.165) is 17.3 Å². The van der Waals surface area contributed by atoms with E-state index in [9.17, 15) is 23.2 Å². The molecule has 0 saturated carbocycles. The van der Waals surface area contributed by atoms with Crippen molar-refractivity contribution in [3.8, 4) is 11.3 Å². The molecule has 0 spiro atoms. The highest BCUT2D eigenvalue weighted by Crippen LogP contribution is 2.28. The maximum Gasteiger partial charge on any atom is 0.333 e. The first-order valence-electron chi connectivity index (χ1n) is 9.80. The van der Waals surface area contributed by atoms with Crippen LogP contribution in [0.1, 0.15) is 33.6 Å². The Balaban J connectivity index is 2.00. The molecule has 0 aliphatic carbocycles. The number of aromatic nitrogens is 2. The first kappa shape index (κ1) is 22.8. The van der Waals surface area contributed by atoms with E-state index in [-0.39, 0.29) is 17.7 Å². The molecule has 0 fully saturated rings. The van der Waals surface area contributed by atoms with Gasteiger partial charge < -0.3 is 11.1 Å². The monoisotopic (exact) mass is 440 g/mol. The van der Waals surface area contributed by atoms with Gasteiger partial charge in [0.05, 0.1) is 5.56 Å². The van der Waals surface area contributed by atoms with Crippen LogP contribution in [0.3, 0.4) is 0 Å². The van der Waals surface area contributed by atoms with Gasteiger partial charge in [0.1, 0.15) is 11.7 Å². The van der Waals surface area contributed by atoms with E-state index in [0.29, 0.717) is 15.8 Å². The number of hydrogen-bond donors (Lipinski definition) is 2. The van der Waals surface area contributed by atoms with Gasteiger partial charge in [0.15, 0.2) is 0 Å².